The number of hydrogen-bond acceptors (Lipinski definition) is 3. The number of ketones is 1. The van der Waals surface area contributed by atoms with Crippen LogP contribution in [0, 0.1) is 0 Å². The van der Waals surface area contributed by atoms with Crippen LogP contribution in [0.3, 0.4) is 0 Å². The van der Waals surface area contributed by atoms with E-state index >= 15 is 0 Å². The average Bonchev–Trinajstić information content (AvgIpc) is 1.87. The average molecular weight is 130 g/mol. The minimum absolute atomic E-state index is 0.208. The van der Waals surface area contributed by atoms with E-state index in [2.05, 4.69) is 6.58 Å². The van der Waals surface area contributed by atoms with Crippen molar-refractivity contribution in [2.75, 3.05) is 6.61 Å². The zero-order valence-corrected chi connectivity index (χ0v) is 5.08. The van der Waals surface area contributed by atoms with E-state index in [-0.39, 0.29) is 6.42 Å². The van der Waals surface area contributed by atoms with E-state index in [1.807, 2.05) is 0 Å². The Morgan fingerprint density at radius 1 is 1.78 bits per heavy atom. The second kappa shape index (κ2) is 4.23. The van der Waals surface area contributed by atoms with Gasteiger partial charge in [0.1, 0.15) is 12.7 Å². The summed E-state index contributed by atoms with van der Waals surface area (Å²) in [5.41, 5.74) is 0. The van der Waals surface area contributed by atoms with Crippen LogP contribution in [0.15, 0.2) is 12.7 Å². The molecule has 0 bridgehead atoms. The number of Topliss-reactive ketones (excluding diaryl/α,β-unsaturated/α-hetero) is 1. The van der Waals surface area contributed by atoms with E-state index in [0.717, 1.165) is 0 Å². The molecule has 0 aromatic rings. The first-order valence-corrected chi connectivity index (χ1v) is 2.65. The van der Waals surface area contributed by atoms with E-state index in [0.29, 0.717) is 0 Å². The van der Waals surface area contributed by atoms with Crippen molar-refractivity contribution in [1.82, 2.24) is 0 Å². The number of carbonyl (C=O) groups excluding carboxylic acids is 1. The first kappa shape index (κ1) is 8.33. The maximum absolute atomic E-state index is 10.4. The minimum Gasteiger partial charge on any atom is -0.388 e. The lowest BCUT2D eigenvalue weighted by atomic mass is 10.2. The standard InChI is InChI=1S/C6H10O3/c1-2-3-5(8)6(9)4-7/h2,5,7-8H,1,3-4H2. The highest BCUT2D eigenvalue weighted by Crippen LogP contribution is 1.92. The van der Waals surface area contributed by atoms with E-state index < -0.39 is 18.5 Å². The Bertz CT molecular complexity index is 109. The van der Waals surface area contributed by atoms with Crippen LogP contribution in [-0.2, 0) is 4.79 Å². The van der Waals surface area contributed by atoms with Gasteiger partial charge in [-0.05, 0) is 6.42 Å². The molecular weight excluding hydrogens is 120 g/mol. The maximum atomic E-state index is 10.4. The molecule has 52 valence electrons. The van der Waals surface area contributed by atoms with Gasteiger partial charge in [0.05, 0.1) is 0 Å². The summed E-state index contributed by atoms with van der Waals surface area (Å²) < 4.78 is 0. The van der Waals surface area contributed by atoms with Crippen molar-refractivity contribution in [3.8, 4) is 0 Å². The number of carbonyl (C=O) groups is 1. The quantitative estimate of drug-likeness (QED) is 0.504. The van der Waals surface area contributed by atoms with Gasteiger partial charge in [-0.2, -0.15) is 0 Å². The maximum Gasteiger partial charge on any atom is 0.186 e. The third kappa shape index (κ3) is 3.00. The lowest BCUT2D eigenvalue weighted by Gasteiger charge is -2.01. The zero-order valence-electron chi connectivity index (χ0n) is 5.08. The molecule has 0 spiro atoms. The Kier molecular flexibility index (Phi) is 3.92. The number of hydrogen-bond donors (Lipinski definition) is 2. The Labute approximate surface area is 53.6 Å². The Morgan fingerprint density at radius 3 is 2.67 bits per heavy atom. The summed E-state index contributed by atoms with van der Waals surface area (Å²) in [7, 11) is 0. The second-order valence-electron chi connectivity index (χ2n) is 1.66. The fourth-order valence-electron chi connectivity index (χ4n) is 0.395. The number of rotatable bonds is 4. The van der Waals surface area contributed by atoms with Crippen LogP contribution in [0.4, 0.5) is 0 Å². The van der Waals surface area contributed by atoms with Gasteiger partial charge in [-0.25, -0.2) is 0 Å². The van der Waals surface area contributed by atoms with Gasteiger partial charge in [0.2, 0.25) is 0 Å². The molecule has 1 unspecified atom stereocenters. The summed E-state index contributed by atoms with van der Waals surface area (Å²) in [6, 6.07) is 0. The van der Waals surface area contributed by atoms with E-state index in [1.54, 1.807) is 0 Å². The molecule has 0 amide bonds. The van der Waals surface area contributed by atoms with Crippen molar-refractivity contribution in [2.45, 2.75) is 12.5 Å². The van der Waals surface area contributed by atoms with Gasteiger partial charge < -0.3 is 10.2 Å². The van der Waals surface area contributed by atoms with Gasteiger partial charge in [0.15, 0.2) is 5.78 Å². The SMILES string of the molecule is C=CCC(O)C(=O)CO. The summed E-state index contributed by atoms with van der Waals surface area (Å²) in [6.07, 6.45) is 0.560. The van der Waals surface area contributed by atoms with Crippen LogP contribution in [0.1, 0.15) is 6.42 Å². The minimum atomic E-state index is -1.08. The molecular formula is C6H10O3. The zero-order chi connectivity index (χ0) is 7.28. The van der Waals surface area contributed by atoms with Crippen molar-refractivity contribution < 1.29 is 15.0 Å². The van der Waals surface area contributed by atoms with E-state index in [1.165, 1.54) is 6.08 Å². The topological polar surface area (TPSA) is 57.5 Å². The Balaban J connectivity index is 3.58. The van der Waals surface area contributed by atoms with Crippen molar-refractivity contribution in [2.24, 2.45) is 0 Å². The molecule has 0 fully saturated rings. The smallest absolute Gasteiger partial charge is 0.186 e. The van der Waals surface area contributed by atoms with Crippen LogP contribution < -0.4 is 0 Å². The molecule has 3 heteroatoms. The molecule has 0 aliphatic carbocycles. The molecule has 1 atom stereocenters. The molecule has 0 radical (unpaired) electrons. The summed E-state index contributed by atoms with van der Waals surface area (Å²) in [5.74, 6) is -0.560. The van der Waals surface area contributed by atoms with Gasteiger partial charge in [-0.15, -0.1) is 6.58 Å². The predicted molar refractivity (Wildman–Crippen MR) is 32.9 cm³/mol. The third-order valence-corrected chi connectivity index (χ3v) is 0.917. The summed E-state index contributed by atoms with van der Waals surface area (Å²) >= 11 is 0. The fraction of sp³-hybridized carbons (Fsp3) is 0.500. The summed E-state index contributed by atoms with van der Waals surface area (Å²) in [4.78, 5) is 10.4. The lowest BCUT2D eigenvalue weighted by molar-refractivity contribution is -0.129. The van der Waals surface area contributed by atoms with Crippen molar-refractivity contribution in [3.63, 3.8) is 0 Å². The highest BCUT2D eigenvalue weighted by Gasteiger charge is 2.10. The van der Waals surface area contributed by atoms with Gasteiger partial charge in [0, 0.05) is 0 Å². The predicted octanol–water partition coefficient (Wildman–Crippen LogP) is -0.515. The van der Waals surface area contributed by atoms with Gasteiger partial charge in [0.25, 0.3) is 0 Å². The first-order chi connectivity index (χ1) is 4.22. The highest BCUT2D eigenvalue weighted by molar-refractivity contribution is 5.83. The normalized spacial score (nSPS) is 12.7. The van der Waals surface area contributed by atoms with Crippen LogP contribution in [0.5, 0.6) is 0 Å². The van der Waals surface area contributed by atoms with E-state index in [4.69, 9.17) is 10.2 Å². The molecule has 0 saturated heterocycles. The largest absolute Gasteiger partial charge is 0.388 e. The molecule has 2 N–H and O–H groups in total. The highest BCUT2D eigenvalue weighted by atomic mass is 16.3. The number of aliphatic hydroxyl groups excluding tert-OH is 2. The first-order valence-electron chi connectivity index (χ1n) is 2.65. The monoisotopic (exact) mass is 130 g/mol. The van der Waals surface area contributed by atoms with Gasteiger partial charge in [-0.3, -0.25) is 4.79 Å². The molecule has 9 heavy (non-hydrogen) atoms. The second-order valence-corrected chi connectivity index (χ2v) is 1.66. The summed E-state index contributed by atoms with van der Waals surface area (Å²) in [5, 5.41) is 16.9. The lowest BCUT2D eigenvalue weighted by Crippen LogP contribution is -2.22. The molecule has 0 heterocycles. The van der Waals surface area contributed by atoms with Gasteiger partial charge >= 0.3 is 0 Å². The van der Waals surface area contributed by atoms with Crippen LogP contribution in [0.25, 0.3) is 0 Å². The van der Waals surface area contributed by atoms with Crippen LogP contribution in [0.2, 0.25) is 0 Å². The Morgan fingerprint density at radius 2 is 2.33 bits per heavy atom. The van der Waals surface area contributed by atoms with Crippen molar-refractivity contribution in [1.29, 1.82) is 0 Å². The van der Waals surface area contributed by atoms with Crippen LogP contribution >= 0.6 is 0 Å². The molecule has 0 saturated carbocycles. The third-order valence-electron chi connectivity index (χ3n) is 0.917. The Hall–Kier alpha value is -0.670. The van der Waals surface area contributed by atoms with Crippen molar-refractivity contribution in [3.05, 3.63) is 12.7 Å². The fourth-order valence-corrected chi connectivity index (χ4v) is 0.395. The molecule has 3 nitrogen and oxygen atoms in total. The molecule has 0 aromatic heterocycles. The molecule has 0 aliphatic rings. The number of aliphatic hydroxyl groups is 2. The van der Waals surface area contributed by atoms with Crippen LogP contribution in [-0.4, -0.2) is 28.7 Å². The van der Waals surface area contributed by atoms with E-state index in [9.17, 15) is 4.79 Å². The van der Waals surface area contributed by atoms with Gasteiger partial charge in [-0.1, -0.05) is 6.08 Å². The van der Waals surface area contributed by atoms with Crippen molar-refractivity contribution >= 4 is 5.78 Å². The molecule has 0 aliphatic heterocycles. The molecule has 0 rings (SSSR count). The molecule has 0 aromatic carbocycles. The summed E-state index contributed by atoms with van der Waals surface area (Å²) in [6.45, 7) is 2.72.